The number of hydrogen-bond acceptors (Lipinski definition) is 9. The molecule has 0 aliphatic carbocycles. The fraction of sp³-hybridized carbons (Fsp3) is 0.863. The first kappa shape index (κ1) is 61.0. The van der Waals surface area contributed by atoms with E-state index in [1.54, 1.807) is 0 Å². The molecular weight excluding hydrogens is 818 g/mol. The smallest absolute Gasteiger partial charge is 0.472 e. The Bertz CT molecular complexity index is 1160. The van der Waals surface area contributed by atoms with Crippen molar-refractivity contribution in [2.45, 2.75) is 264 Å². The van der Waals surface area contributed by atoms with Gasteiger partial charge >= 0.3 is 25.7 Å². The Hall–Kier alpha value is -2.04. The van der Waals surface area contributed by atoms with Gasteiger partial charge in [0.25, 0.3) is 0 Å². The van der Waals surface area contributed by atoms with Crippen LogP contribution in [0.1, 0.15) is 251 Å². The van der Waals surface area contributed by atoms with Gasteiger partial charge in [0, 0.05) is 12.8 Å². The minimum Gasteiger partial charge on any atom is -0.480 e. The maximum absolute atomic E-state index is 12.7. The van der Waals surface area contributed by atoms with E-state index in [9.17, 15) is 23.8 Å². The molecule has 0 saturated heterocycles. The van der Waals surface area contributed by atoms with Crippen LogP contribution in [0.25, 0.3) is 0 Å². The van der Waals surface area contributed by atoms with Crippen LogP contribution in [-0.4, -0.2) is 59.9 Å². The average molecular weight is 914 g/mol. The van der Waals surface area contributed by atoms with E-state index in [0.717, 1.165) is 51.4 Å². The molecule has 1 unspecified atom stereocenters. The molecule has 0 bridgehead atoms. The summed E-state index contributed by atoms with van der Waals surface area (Å²) in [5.41, 5.74) is 5.35. The maximum atomic E-state index is 12.7. The summed E-state index contributed by atoms with van der Waals surface area (Å²) in [6, 6.07) is -1.52. The zero-order valence-corrected chi connectivity index (χ0v) is 41.3. The van der Waals surface area contributed by atoms with Crippen LogP contribution in [0.4, 0.5) is 0 Å². The van der Waals surface area contributed by atoms with Gasteiger partial charge in [0.15, 0.2) is 6.10 Å². The van der Waals surface area contributed by atoms with Crippen molar-refractivity contribution >= 4 is 25.7 Å². The molecule has 0 aromatic carbocycles. The summed E-state index contributed by atoms with van der Waals surface area (Å²) in [6.07, 6.45) is 51.0. The molecule has 0 aromatic rings. The summed E-state index contributed by atoms with van der Waals surface area (Å²) >= 11 is 0. The van der Waals surface area contributed by atoms with Gasteiger partial charge in [-0.1, -0.05) is 218 Å². The van der Waals surface area contributed by atoms with Crippen LogP contribution in [0.15, 0.2) is 24.3 Å². The average Bonchev–Trinajstić information content (AvgIpc) is 3.26. The van der Waals surface area contributed by atoms with Crippen molar-refractivity contribution in [3.63, 3.8) is 0 Å². The Balaban J connectivity index is 4.21. The highest BCUT2D eigenvalue weighted by Gasteiger charge is 2.28. The number of nitrogens with two attached hydrogens (primary N) is 1. The predicted molar refractivity (Wildman–Crippen MR) is 259 cm³/mol. The number of allylic oxidation sites excluding steroid dienone is 4. The Kier molecular flexibility index (Phi) is 45.0. The van der Waals surface area contributed by atoms with Crippen molar-refractivity contribution in [3.05, 3.63) is 24.3 Å². The zero-order chi connectivity index (χ0) is 46.3. The van der Waals surface area contributed by atoms with E-state index < -0.39 is 51.1 Å². The van der Waals surface area contributed by atoms with Crippen LogP contribution in [0.2, 0.25) is 0 Å². The molecule has 4 N–H and O–H groups in total. The van der Waals surface area contributed by atoms with Crippen LogP contribution >= 0.6 is 7.82 Å². The molecule has 12 heteroatoms. The van der Waals surface area contributed by atoms with E-state index in [1.807, 2.05) is 0 Å². The molecule has 0 heterocycles. The van der Waals surface area contributed by atoms with E-state index in [-0.39, 0.29) is 19.4 Å². The normalized spacial score (nSPS) is 13.7. The van der Waals surface area contributed by atoms with E-state index in [1.165, 1.54) is 161 Å². The second kappa shape index (κ2) is 46.5. The third kappa shape index (κ3) is 46.3. The van der Waals surface area contributed by atoms with Crippen molar-refractivity contribution in [3.8, 4) is 0 Å². The van der Waals surface area contributed by atoms with Gasteiger partial charge in [-0.15, -0.1) is 0 Å². The number of phosphoric acid groups is 1. The van der Waals surface area contributed by atoms with Crippen molar-refractivity contribution in [1.29, 1.82) is 0 Å². The van der Waals surface area contributed by atoms with Gasteiger partial charge in [-0.25, -0.2) is 4.57 Å². The van der Waals surface area contributed by atoms with Crippen molar-refractivity contribution < 1.29 is 47.5 Å². The largest absolute Gasteiger partial charge is 0.480 e. The molecule has 0 rings (SSSR count). The topological polar surface area (TPSA) is 172 Å². The number of carbonyl (C=O) groups excluding carboxylic acids is 2. The molecule has 0 aromatic heterocycles. The minimum atomic E-state index is -4.72. The van der Waals surface area contributed by atoms with Crippen LogP contribution in [0, 0.1) is 0 Å². The van der Waals surface area contributed by atoms with E-state index in [2.05, 4.69) is 42.7 Å². The fourth-order valence-electron chi connectivity index (χ4n) is 7.39. The van der Waals surface area contributed by atoms with Gasteiger partial charge in [-0.05, 0) is 44.9 Å². The summed E-state index contributed by atoms with van der Waals surface area (Å²) in [4.78, 5) is 46.2. The monoisotopic (exact) mass is 914 g/mol. The van der Waals surface area contributed by atoms with E-state index in [4.69, 9.17) is 24.8 Å². The van der Waals surface area contributed by atoms with Gasteiger partial charge in [0.2, 0.25) is 0 Å². The standard InChI is InChI=1S/C51H96NO10P/c1-3-5-7-9-11-13-15-17-19-21-22-23-24-25-27-29-31-33-35-37-39-41-43-50(54)62-47(45-60-63(57,58)61-46-48(52)51(55)56)44-59-49(53)42-40-38-36-34-32-30-28-26-20-18-16-14-12-10-8-6-4-2/h12,14,18,20,47-48H,3-11,13,15-17,19,21-46,52H2,1-2H3,(H,55,56)(H,57,58)/b14-12+,20-18+/t47-,48+/m1/s1. The van der Waals surface area contributed by atoms with Crippen LogP contribution in [0.5, 0.6) is 0 Å². The third-order valence-electron chi connectivity index (χ3n) is 11.5. The molecule has 0 amide bonds. The number of phosphoric ester groups is 1. The molecule has 11 nitrogen and oxygen atoms in total. The highest BCUT2D eigenvalue weighted by Crippen LogP contribution is 2.43. The van der Waals surface area contributed by atoms with E-state index in [0.29, 0.717) is 12.8 Å². The van der Waals surface area contributed by atoms with Crippen LogP contribution < -0.4 is 5.73 Å². The summed E-state index contributed by atoms with van der Waals surface area (Å²) in [7, 11) is -4.72. The first-order chi connectivity index (χ1) is 30.6. The number of carboxylic acid groups (broad SMARTS) is 1. The number of carboxylic acids is 1. The number of unbranched alkanes of at least 4 members (excludes halogenated alkanes) is 31. The molecular formula is C51H96NO10P. The number of aliphatic carboxylic acids is 1. The Morgan fingerprint density at radius 1 is 0.492 bits per heavy atom. The molecule has 370 valence electrons. The van der Waals surface area contributed by atoms with Gasteiger partial charge in [0.05, 0.1) is 13.2 Å². The molecule has 63 heavy (non-hydrogen) atoms. The molecule has 3 atom stereocenters. The molecule has 0 spiro atoms. The highest BCUT2D eigenvalue weighted by atomic mass is 31.2. The second-order valence-electron chi connectivity index (χ2n) is 17.7. The maximum Gasteiger partial charge on any atom is 0.472 e. The van der Waals surface area contributed by atoms with Crippen molar-refractivity contribution in [1.82, 2.24) is 0 Å². The number of rotatable bonds is 49. The lowest BCUT2D eigenvalue weighted by molar-refractivity contribution is -0.161. The van der Waals surface area contributed by atoms with Gasteiger partial charge < -0.3 is 25.2 Å². The summed E-state index contributed by atoms with van der Waals surface area (Å²) in [6.45, 7) is 2.82. The summed E-state index contributed by atoms with van der Waals surface area (Å²) < 4.78 is 32.9. The lowest BCUT2D eigenvalue weighted by Gasteiger charge is -2.20. The SMILES string of the molecule is CCCCC/C=C/C/C=C/CCCCCCCCCC(=O)OC[C@H](COP(=O)(O)OC[C@H](N)C(=O)O)OC(=O)CCCCCCCCCCCCCCCCCCCCCCCC. The number of ether oxygens (including phenoxy) is 2. The fourth-order valence-corrected chi connectivity index (χ4v) is 8.17. The second-order valence-corrected chi connectivity index (χ2v) is 19.1. The molecule has 0 fully saturated rings. The lowest BCUT2D eigenvalue weighted by Crippen LogP contribution is -2.34. The van der Waals surface area contributed by atoms with E-state index >= 15 is 0 Å². The summed E-state index contributed by atoms with van der Waals surface area (Å²) in [5.74, 6) is -2.37. The zero-order valence-electron chi connectivity index (χ0n) is 40.4. The predicted octanol–water partition coefficient (Wildman–Crippen LogP) is 14.6. The molecule has 0 aliphatic rings. The van der Waals surface area contributed by atoms with Crippen molar-refractivity contribution in [2.75, 3.05) is 19.8 Å². The highest BCUT2D eigenvalue weighted by molar-refractivity contribution is 7.47. The lowest BCUT2D eigenvalue weighted by atomic mass is 10.0. The third-order valence-corrected chi connectivity index (χ3v) is 12.4. The summed E-state index contributed by atoms with van der Waals surface area (Å²) in [5, 5.41) is 8.92. The van der Waals surface area contributed by atoms with Gasteiger partial charge in [0.1, 0.15) is 12.6 Å². The Morgan fingerprint density at radius 2 is 0.841 bits per heavy atom. The quantitative estimate of drug-likeness (QED) is 0.0230. The minimum absolute atomic E-state index is 0.165. The van der Waals surface area contributed by atoms with Crippen LogP contribution in [-0.2, 0) is 37.5 Å². The molecule has 0 aliphatic heterocycles. The first-order valence-corrected chi connectivity index (χ1v) is 27.4. The van der Waals surface area contributed by atoms with Gasteiger partial charge in [-0.2, -0.15) is 0 Å². The Morgan fingerprint density at radius 3 is 1.27 bits per heavy atom. The Labute approximate surface area is 385 Å². The van der Waals surface area contributed by atoms with Crippen LogP contribution in [0.3, 0.4) is 0 Å². The van der Waals surface area contributed by atoms with Crippen molar-refractivity contribution in [2.24, 2.45) is 5.73 Å². The molecule has 0 radical (unpaired) electrons. The first-order valence-electron chi connectivity index (χ1n) is 25.9. The molecule has 0 saturated carbocycles. The number of esters is 2. The van der Waals surface area contributed by atoms with Gasteiger partial charge in [-0.3, -0.25) is 23.4 Å². The number of carbonyl (C=O) groups is 3. The number of hydrogen-bond donors (Lipinski definition) is 3.